The molecule has 0 radical (unpaired) electrons. The number of aryl methyl sites for hydroxylation is 6. The predicted octanol–water partition coefficient (Wildman–Crippen LogP) is 7.47. The van der Waals surface area contributed by atoms with Gasteiger partial charge in [0.15, 0.2) is 0 Å². The van der Waals surface area contributed by atoms with E-state index in [2.05, 4.69) is 124 Å². The molecule has 162 valence electrons. The van der Waals surface area contributed by atoms with Gasteiger partial charge in [0.05, 0.1) is 0 Å². The van der Waals surface area contributed by atoms with E-state index in [0.29, 0.717) is 0 Å². The van der Waals surface area contributed by atoms with Crippen molar-refractivity contribution in [2.75, 3.05) is 9.80 Å². The number of anilines is 2. The van der Waals surface area contributed by atoms with Gasteiger partial charge in [0.2, 0.25) is 0 Å². The predicted molar refractivity (Wildman–Crippen MR) is 137 cm³/mol. The van der Waals surface area contributed by atoms with Gasteiger partial charge in [-0.25, -0.2) is 0 Å². The number of nitrogens with zero attached hydrogens (tertiary/aromatic N) is 2. The maximum Gasteiger partial charge on any atom is 0.120 e. The monoisotopic (exact) mass is 420 g/mol. The molecule has 5 rings (SSSR count). The van der Waals surface area contributed by atoms with Gasteiger partial charge < -0.3 is 9.80 Å². The number of fused-ring (bicyclic) bond motifs is 1. The first-order chi connectivity index (χ1) is 15.3. The van der Waals surface area contributed by atoms with Gasteiger partial charge in [0, 0.05) is 29.7 Å². The number of benzene rings is 3. The van der Waals surface area contributed by atoms with Crippen LogP contribution in [0.1, 0.15) is 50.4 Å². The van der Waals surface area contributed by atoms with Gasteiger partial charge in [-0.05, 0) is 74.9 Å². The molecule has 2 heteroatoms. The Morgan fingerprint density at radius 1 is 0.625 bits per heavy atom. The van der Waals surface area contributed by atoms with E-state index >= 15 is 0 Å². The minimum atomic E-state index is 0.148. The van der Waals surface area contributed by atoms with Crippen LogP contribution in [0.4, 0.5) is 11.4 Å². The largest absolute Gasteiger partial charge is 0.324 e. The summed E-state index contributed by atoms with van der Waals surface area (Å²) < 4.78 is 0. The van der Waals surface area contributed by atoms with Gasteiger partial charge in [-0.2, -0.15) is 0 Å². The van der Waals surface area contributed by atoms with Crippen LogP contribution in [0.5, 0.6) is 0 Å². The molecule has 32 heavy (non-hydrogen) atoms. The standard InChI is InChI=1S/C30H32N2/c1-19-15-21(3)28(22(4)16-19)31-13-14-32(29-23(5)17-20(2)18-24(29)6)30(31)27-12-11-25-9-7-8-10-26(25)27/h7-18,27,30H,1-6H3. The molecule has 0 bridgehead atoms. The highest BCUT2D eigenvalue weighted by atomic mass is 15.4. The second-order valence-electron chi connectivity index (χ2n) is 9.53. The smallest absolute Gasteiger partial charge is 0.120 e. The molecular formula is C30H32N2. The van der Waals surface area contributed by atoms with Crippen LogP contribution in [0, 0.1) is 41.5 Å². The fourth-order valence-corrected chi connectivity index (χ4v) is 5.91. The first kappa shape index (κ1) is 20.6. The normalized spacial score (nSPS) is 17.5. The fourth-order valence-electron chi connectivity index (χ4n) is 5.91. The molecule has 0 N–H and O–H groups in total. The minimum absolute atomic E-state index is 0.148. The molecule has 2 aliphatic rings. The summed E-state index contributed by atoms with van der Waals surface area (Å²) in [5, 5.41) is 0. The summed E-state index contributed by atoms with van der Waals surface area (Å²) in [6.07, 6.45) is 9.39. The van der Waals surface area contributed by atoms with Crippen molar-refractivity contribution in [3.05, 3.63) is 112 Å². The Balaban J connectivity index is 1.69. The Bertz CT molecular complexity index is 1150. The molecule has 0 saturated heterocycles. The maximum atomic E-state index is 2.50. The van der Waals surface area contributed by atoms with Crippen molar-refractivity contribution in [3.63, 3.8) is 0 Å². The lowest BCUT2D eigenvalue weighted by Crippen LogP contribution is -2.44. The van der Waals surface area contributed by atoms with E-state index < -0.39 is 0 Å². The molecule has 0 fully saturated rings. The molecule has 0 amide bonds. The van der Waals surface area contributed by atoms with Crippen LogP contribution in [-0.2, 0) is 0 Å². The van der Waals surface area contributed by atoms with Gasteiger partial charge in [-0.3, -0.25) is 0 Å². The highest BCUT2D eigenvalue weighted by Gasteiger charge is 2.39. The first-order valence-corrected chi connectivity index (χ1v) is 11.5. The summed E-state index contributed by atoms with van der Waals surface area (Å²) in [6.45, 7) is 13.3. The number of rotatable bonds is 3. The molecule has 1 heterocycles. The van der Waals surface area contributed by atoms with Crippen molar-refractivity contribution >= 4 is 17.5 Å². The topological polar surface area (TPSA) is 6.48 Å². The number of hydrogen-bond donors (Lipinski definition) is 0. The molecule has 1 aliphatic carbocycles. The highest BCUT2D eigenvalue weighted by molar-refractivity contribution is 5.73. The first-order valence-electron chi connectivity index (χ1n) is 11.5. The van der Waals surface area contributed by atoms with Crippen molar-refractivity contribution in [1.82, 2.24) is 0 Å². The van der Waals surface area contributed by atoms with E-state index in [1.54, 1.807) is 0 Å². The second kappa shape index (κ2) is 7.70. The molecule has 0 spiro atoms. The van der Waals surface area contributed by atoms with Gasteiger partial charge >= 0.3 is 0 Å². The summed E-state index contributed by atoms with van der Waals surface area (Å²) >= 11 is 0. The Morgan fingerprint density at radius 2 is 1.09 bits per heavy atom. The average Bonchev–Trinajstić information content (AvgIpc) is 3.31. The second-order valence-corrected chi connectivity index (χ2v) is 9.53. The van der Waals surface area contributed by atoms with Gasteiger partial charge in [0.25, 0.3) is 0 Å². The zero-order chi connectivity index (χ0) is 22.6. The summed E-state index contributed by atoms with van der Waals surface area (Å²) in [7, 11) is 0. The molecule has 0 aromatic heterocycles. The lowest BCUT2D eigenvalue weighted by Gasteiger charge is -2.39. The molecule has 3 aromatic rings. The average molecular weight is 421 g/mol. The van der Waals surface area contributed by atoms with Crippen molar-refractivity contribution in [3.8, 4) is 0 Å². The van der Waals surface area contributed by atoms with E-state index in [0.717, 1.165) is 0 Å². The maximum absolute atomic E-state index is 2.50. The molecule has 1 aliphatic heterocycles. The van der Waals surface area contributed by atoms with Crippen molar-refractivity contribution in [2.24, 2.45) is 0 Å². The van der Waals surface area contributed by atoms with Crippen LogP contribution in [-0.4, -0.2) is 6.17 Å². The van der Waals surface area contributed by atoms with E-state index in [9.17, 15) is 0 Å². The molecule has 3 aromatic carbocycles. The van der Waals surface area contributed by atoms with Crippen molar-refractivity contribution in [2.45, 2.75) is 53.6 Å². The van der Waals surface area contributed by atoms with Crippen LogP contribution in [0.3, 0.4) is 0 Å². The van der Waals surface area contributed by atoms with E-state index in [-0.39, 0.29) is 12.1 Å². The number of hydrogen-bond acceptors (Lipinski definition) is 2. The molecular weight excluding hydrogens is 388 g/mol. The van der Waals surface area contributed by atoms with Crippen LogP contribution in [0.25, 0.3) is 6.08 Å². The van der Waals surface area contributed by atoms with Crippen molar-refractivity contribution in [1.29, 1.82) is 0 Å². The van der Waals surface area contributed by atoms with Crippen molar-refractivity contribution < 1.29 is 0 Å². The highest BCUT2D eigenvalue weighted by Crippen LogP contribution is 2.44. The Labute approximate surface area is 192 Å². The summed E-state index contributed by atoms with van der Waals surface area (Å²) in [4.78, 5) is 5.00. The zero-order valence-electron chi connectivity index (χ0n) is 20.0. The minimum Gasteiger partial charge on any atom is -0.324 e. The molecule has 1 atom stereocenters. The van der Waals surface area contributed by atoms with E-state index in [1.807, 2.05) is 0 Å². The van der Waals surface area contributed by atoms with Crippen LogP contribution < -0.4 is 9.80 Å². The summed E-state index contributed by atoms with van der Waals surface area (Å²) in [5.74, 6) is 0.279. The third-order valence-corrected chi connectivity index (χ3v) is 6.90. The van der Waals surface area contributed by atoms with E-state index in [1.165, 1.54) is 55.9 Å². The van der Waals surface area contributed by atoms with E-state index in [4.69, 9.17) is 0 Å². The lowest BCUT2D eigenvalue weighted by atomic mass is 9.94. The Hall–Kier alpha value is -3.26. The van der Waals surface area contributed by atoms with Crippen LogP contribution in [0.2, 0.25) is 0 Å². The molecule has 1 unspecified atom stereocenters. The van der Waals surface area contributed by atoms with Crippen LogP contribution >= 0.6 is 0 Å². The third kappa shape index (κ3) is 3.26. The van der Waals surface area contributed by atoms with Crippen LogP contribution in [0.15, 0.2) is 67.0 Å². The Kier molecular flexibility index (Phi) is 4.97. The Morgan fingerprint density at radius 3 is 1.59 bits per heavy atom. The van der Waals surface area contributed by atoms with Gasteiger partial charge in [-0.15, -0.1) is 0 Å². The summed E-state index contributed by atoms with van der Waals surface area (Å²) in [6, 6.07) is 18.0. The summed E-state index contributed by atoms with van der Waals surface area (Å²) in [5.41, 5.74) is 13.3. The lowest BCUT2D eigenvalue weighted by molar-refractivity contribution is 0.618. The van der Waals surface area contributed by atoms with Gasteiger partial charge in [0.1, 0.15) is 6.17 Å². The third-order valence-electron chi connectivity index (χ3n) is 6.90. The zero-order valence-corrected chi connectivity index (χ0v) is 20.0. The fraction of sp³-hybridized carbons (Fsp3) is 0.267. The van der Waals surface area contributed by atoms with Gasteiger partial charge in [-0.1, -0.05) is 71.8 Å². The molecule has 2 nitrogen and oxygen atoms in total. The quantitative estimate of drug-likeness (QED) is 0.433. The SMILES string of the molecule is Cc1cc(C)c(N2C=CN(c3c(C)cc(C)cc3C)C2C2C=Cc3ccccc32)c(C)c1. The molecule has 0 saturated carbocycles.